The number of aromatic nitrogens is 2. The molecule has 0 radical (unpaired) electrons. The Hall–Kier alpha value is -0.870. The Kier molecular flexibility index (Phi) is 3.87. The summed E-state index contributed by atoms with van der Waals surface area (Å²) in [4.78, 5) is 7.12. The van der Waals surface area contributed by atoms with Crippen LogP contribution in [-0.2, 0) is 6.54 Å². The van der Waals surface area contributed by atoms with Crippen LogP contribution in [0.15, 0.2) is 6.20 Å². The fourth-order valence-electron chi connectivity index (χ4n) is 3.68. The van der Waals surface area contributed by atoms with Crippen LogP contribution in [-0.4, -0.2) is 15.4 Å². The molecule has 1 N–H and O–H groups in total. The number of fused-ring (bicyclic) bond motifs is 1. The molecule has 0 saturated heterocycles. The average molecular weight is 291 g/mol. The fourth-order valence-corrected chi connectivity index (χ4v) is 4.57. The van der Waals surface area contributed by atoms with Gasteiger partial charge >= 0.3 is 0 Å². The van der Waals surface area contributed by atoms with E-state index >= 15 is 0 Å². The Balaban J connectivity index is 1.71. The van der Waals surface area contributed by atoms with Crippen molar-refractivity contribution in [1.82, 2.24) is 14.7 Å². The summed E-state index contributed by atoms with van der Waals surface area (Å²) in [5, 5.41) is 3.77. The van der Waals surface area contributed by atoms with E-state index in [2.05, 4.69) is 48.6 Å². The normalized spacial score (nSPS) is 27.3. The molecule has 3 rings (SSSR count). The smallest absolute Gasteiger partial charge is 0.194 e. The first-order chi connectivity index (χ1) is 9.52. The predicted molar refractivity (Wildman–Crippen MR) is 85.3 cm³/mol. The van der Waals surface area contributed by atoms with Gasteiger partial charge in [-0.05, 0) is 44.9 Å². The second-order valence-corrected chi connectivity index (χ2v) is 7.85. The quantitative estimate of drug-likeness (QED) is 0.928. The summed E-state index contributed by atoms with van der Waals surface area (Å²) in [6, 6.07) is 0.665. The molecule has 0 aromatic carbocycles. The van der Waals surface area contributed by atoms with Crippen LogP contribution in [0.25, 0.3) is 4.96 Å². The van der Waals surface area contributed by atoms with Crippen molar-refractivity contribution in [3.05, 3.63) is 22.5 Å². The summed E-state index contributed by atoms with van der Waals surface area (Å²) in [5.74, 6) is 1.71. The van der Waals surface area contributed by atoms with E-state index < -0.39 is 0 Å². The molecule has 2 atom stereocenters. The van der Waals surface area contributed by atoms with Crippen LogP contribution in [0, 0.1) is 25.7 Å². The van der Waals surface area contributed by atoms with Crippen LogP contribution >= 0.6 is 11.3 Å². The van der Waals surface area contributed by atoms with E-state index in [0.29, 0.717) is 6.04 Å². The van der Waals surface area contributed by atoms with Crippen LogP contribution in [0.3, 0.4) is 0 Å². The fraction of sp³-hybridized carbons (Fsp3) is 0.688. The molecule has 0 aliphatic heterocycles. The maximum Gasteiger partial charge on any atom is 0.194 e. The highest BCUT2D eigenvalue weighted by atomic mass is 32.1. The van der Waals surface area contributed by atoms with Crippen molar-refractivity contribution in [2.75, 3.05) is 0 Å². The number of rotatable bonds is 3. The minimum absolute atomic E-state index is 0.665. The lowest BCUT2D eigenvalue weighted by Crippen LogP contribution is -2.36. The minimum Gasteiger partial charge on any atom is -0.308 e. The summed E-state index contributed by atoms with van der Waals surface area (Å²) in [7, 11) is 0. The van der Waals surface area contributed by atoms with Gasteiger partial charge in [0.1, 0.15) is 0 Å². The lowest BCUT2D eigenvalue weighted by Gasteiger charge is -2.32. The highest BCUT2D eigenvalue weighted by molar-refractivity contribution is 7.17. The summed E-state index contributed by atoms with van der Waals surface area (Å²) in [5.41, 5.74) is 2.50. The van der Waals surface area contributed by atoms with E-state index in [4.69, 9.17) is 0 Å². The van der Waals surface area contributed by atoms with E-state index in [1.54, 1.807) is 11.3 Å². The maximum absolute atomic E-state index is 4.67. The topological polar surface area (TPSA) is 29.3 Å². The van der Waals surface area contributed by atoms with Gasteiger partial charge in [0.2, 0.25) is 0 Å². The molecule has 1 aliphatic rings. The first-order valence-corrected chi connectivity index (χ1v) is 8.52. The summed E-state index contributed by atoms with van der Waals surface area (Å²) in [6.45, 7) is 9.98. The van der Waals surface area contributed by atoms with Gasteiger partial charge in [0.15, 0.2) is 4.96 Å². The van der Waals surface area contributed by atoms with Gasteiger partial charge in [0.25, 0.3) is 0 Å². The van der Waals surface area contributed by atoms with Crippen LogP contribution in [0.1, 0.15) is 49.4 Å². The first-order valence-electron chi connectivity index (χ1n) is 7.70. The van der Waals surface area contributed by atoms with Crippen molar-refractivity contribution in [1.29, 1.82) is 0 Å². The molecular weight excluding hydrogens is 266 g/mol. The number of thiazole rings is 1. The molecule has 110 valence electrons. The number of nitrogens with one attached hydrogen (secondary N) is 1. The third-order valence-corrected chi connectivity index (χ3v) is 5.38. The molecule has 1 aliphatic carbocycles. The van der Waals surface area contributed by atoms with E-state index in [-0.39, 0.29) is 0 Å². The third-order valence-electron chi connectivity index (χ3n) is 4.48. The molecule has 3 nitrogen and oxygen atoms in total. The van der Waals surface area contributed by atoms with Crippen molar-refractivity contribution in [3.8, 4) is 0 Å². The lowest BCUT2D eigenvalue weighted by atomic mass is 9.80. The zero-order valence-electron chi connectivity index (χ0n) is 12.9. The van der Waals surface area contributed by atoms with Crippen molar-refractivity contribution >= 4 is 16.3 Å². The molecule has 0 amide bonds. The van der Waals surface area contributed by atoms with Gasteiger partial charge in [-0.3, -0.25) is 4.40 Å². The van der Waals surface area contributed by atoms with Crippen LogP contribution in [0.2, 0.25) is 0 Å². The number of imidazole rings is 1. The van der Waals surface area contributed by atoms with Crippen LogP contribution in [0.5, 0.6) is 0 Å². The SMILES string of the molecule is Cc1cn2c(CNC3CC(C)CC(C)C3)c(C)nc2s1. The van der Waals surface area contributed by atoms with Gasteiger partial charge in [-0.25, -0.2) is 4.98 Å². The highest BCUT2D eigenvalue weighted by Gasteiger charge is 2.24. The van der Waals surface area contributed by atoms with E-state index in [9.17, 15) is 0 Å². The monoisotopic (exact) mass is 291 g/mol. The summed E-state index contributed by atoms with van der Waals surface area (Å²) >= 11 is 1.77. The van der Waals surface area contributed by atoms with Gasteiger partial charge < -0.3 is 5.32 Å². The van der Waals surface area contributed by atoms with Crippen molar-refractivity contribution in [3.63, 3.8) is 0 Å². The molecule has 2 unspecified atom stereocenters. The van der Waals surface area contributed by atoms with Gasteiger partial charge in [-0.2, -0.15) is 0 Å². The first kappa shape index (κ1) is 14.1. The van der Waals surface area contributed by atoms with Crippen LogP contribution in [0.4, 0.5) is 0 Å². The average Bonchev–Trinajstić information content (AvgIpc) is 2.81. The molecule has 0 spiro atoms. The molecule has 1 fully saturated rings. The van der Waals surface area contributed by atoms with Gasteiger partial charge in [0, 0.05) is 23.7 Å². The Morgan fingerprint density at radius 1 is 1.25 bits per heavy atom. The van der Waals surface area contributed by atoms with Gasteiger partial charge in [-0.1, -0.05) is 13.8 Å². The van der Waals surface area contributed by atoms with E-state index in [1.807, 2.05) is 0 Å². The molecule has 20 heavy (non-hydrogen) atoms. The second kappa shape index (κ2) is 5.49. The number of nitrogens with zero attached hydrogens (tertiary/aromatic N) is 2. The maximum atomic E-state index is 4.67. The number of aryl methyl sites for hydroxylation is 2. The predicted octanol–water partition coefficient (Wildman–Crippen LogP) is 3.93. The standard InChI is InChI=1S/C16H25N3S/c1-10-5-11(2)7-14(6-10)17-8-15-13(4)18-16-19(15)9-12(3)20-16/h9-11,14,17H,5-8H2,1-4H3. The van der Waals surface area contributed by atoms with Gasteiger partial charge in [0.05, 0.1) is 11.4 Å². The zero-order chi connectivity index (χ0) is 14.3. The Morgan fingerprint density at radius 2 is 1.95 bits per heavy atom. The largest absolute Gasteiger partial charge is 0.308 e. The Morgan fingerprint density at radius 3 is 2.65 bits per heavy atom. The minimum atomic E-state index is 0.665. The molecule has 1 saturated carbocycles. The van der Waals surface area contributed by atoms with E-state index in [1.165, 1.54) is 35.5 Å². The van der Waals surface area contributed by atoms with Crippen molar-refractivity contribution in [2.24, 2.45) is 11.8 Å². The second-order valence-electron chi connectivity index (χ2n) is 6.63. The van der Waals surface area contributed by atoms with Gasteiger partial charge in [-0.15, -0.1) is 11.3 Å². The molecule has 0 bridgehead atoms. The lowest BCUT2D eigenvalue weighted by molar-refractivity contribution is 0.237. The van der Waals surface area contributed by atoms with Crippen molar-refractivity contribution in [2.45, 2.75) is 59.5 Å². The Labute approximate surface area is 125 Å². The molecule has 4 heteroatoms. The van der Waals surface area contributed by atoms with Crippen LogP contribution < -0.4 is 5.32 Å². The zero-order valence-corrected chi connectivity index (χ0v) is 13.8. The highest BCUT2D eigenvalue weighted by Crippen LogP contribution is 2.29. The molecular formula is C16H25N3S. The Bertz CT molecular complexity index is 588. The third kappa shape index (κ3) is 2.77. The molecule has 2 heterocycles. The summed E-state index contributed by atoms with van der Waals surface area (Å²) < 4.78 is 2.26. The van der Waals surface area contributed by atoms with E-state index in [0.717, 1.165) is 23.3 Å². The summed E-state index contributed by atoms with van der Waals surface area (Å²) in [6.07, 6.45) is 6.23. The molecule has 2 aromatic rings. The molecule has 2 aromatic heterocycles. The number of hydrogen-bond acceptors (Lipinski definition) is 3. The van der Waals surface area contributed by atoms with Crippen molar-refractivity contribution < 1.29 is 0 Å². The number of hydrogen-bond donors (Lipinski definition) is 1.